The standard InChI is InChI=1S/C10H7F3N2O2/c1-17-9(16)6-2-3-8-14-7(10(11,12)13)5-15(8)4-6/h2-5H,1H3. The monoisotopic (exact) mass is 244 g/mol. The second-order valence-corrected chi connectivity index (χ2v) is 3.30. The minimum atomic E-state index is -4.50. The summed E-state index contributed by atoms with van der Waals surface area (Å²) in [6, 6.07) is 2.68. The van der Waals surface area contributed by atoms with E-state index >= 15 is 0 Å². The average molecular weight is 244 g/mol. The highest BCUT2D eigenvalue weighted by Crippen LogP contribution is 2.28. The van der Waals surface area contributed by atoms with Gasteiger partial charge in [0.05, 0.1) is 12.7 Å². The maximum absolute atomic E-state index is 12.4. The first-order valence-corrected chi connectivity index (χ1v) is 4.56. The van der Waals surface area contributed by atoms with E-state index in [2.05, 4.69) is 9.72 Å². The minimum absolute atomic E-state index is 0.116. The van der Waals surface area contributed by atoms with E-state index in [0.717, 1.165) is 10.6 Å². The number of halogens is 3. The van der Waals surface area contributed by atoms with Crippen LogP contribution < -0.4 is 0 Å². The van der Waals surface area contributed by atoms with Crippen LogP contribution in [0.5, 0.6) is 0 Å². The van der Waals surface area contributed by atoms with Crippen LogP contribution in [0, 0.1) is 0 Å². The molecule has 0 bridgehead atoms. The van der Waals surface area contributed by atoms with E-state index in [0.29, 0.717) is 0 Å². The van der Waals surface area contributed by atoms with E-state index in [1.807, 2.05) is 0 Å². The lowest BCUT2D eigenvalue weighted by Crippen LogP contribution is -2.04. The van der Waals surface area contributed by atoms with Crippen molar-refractivity contribution < 1.29 is 22.7 Å². The van der Waals surface area contributed by atoms with Crippen molar-refractivity contribution in [1.29, 1.82) is 0 Å². The number of nitrogens with zero attached hydrogens (tertiary/aromatic N) is 2. The molecule has 90 valence electrons. The lowest BCUT2D eigenvalue weighted by Gasteiger charge is -1.99. The molecule has 0 spiro atoms. The average Bonchev–Trinajstić information content (AvgIpc) is 2.70. The summed E-state index contributed by atoms with van der Waals surface area (Å²) in [7, 11) is 1.20. The molecule has 0 atom stereocenters. The molecular formula is C10H7F3N2O2. The summed E-state index contributed by atoms with van der Waals surface area (Å²) in [6.45, 7) is 0. The molecule has 2 aromatic heterocycles. The maximum atomic E-state index is 12.4. The Bertz CT molecular complexity index is 574. The number of esters is 1. The van der Waals surface area contributed by atoms with E-state index in [4.69, 9.17) is 0 Å². The van der Waals surface area contributed by atoms with Crippen molar-refractivity contribution in [3.8, 4) is 0 Å². The molecule has 0 amide bonds. The van der Waals surface area contributed by atoms with Gasteiger partial charge < -0.3 is 9.14 Å². The second-order valence-electron chi connectivity index (χ2n) is 3.30. The third kappa shape index (κ3) is 2.08. The molecule has 0 aromatic carbocycles. The van der Waals surface area contributed by atoms with E-state index in [1.165, 1.54) is 25.4 Å². The van der Waals surface area contributed by atoms with Crippen LogP contribution in [0.2, 0.25) is 0 Å². The van der Waals surface area contributed by atoms with Crippen LogP contribution >= 0.6 is 0 Å². The predicted molar refractivity (Wildman–Crippen MR) is 51.5 cm³/mol. The Morgan fingerprint density at radius 1 is 1.35 bits per heavy atom. The Balaban J connectivity index is 2.52. The third-order valence-corrected chi connectivity index (χ3v) is 2.16. The molecule has 0 N–H and O–H groups in total. The zero-order chi connectivity index (χ0) is 12.6. The smallest absolute Gasteiger partial charge is 0.434 e. The molecule has 0 aliphatic carbocycles. The first-order valence-electron chi connectivity index (χ1n) is 4.56. The van der Waals surface area contributed by atoms with Gasteiger partial charge in [-0.2, -0.15) is 13.2 Å². The summed E-state index contributed by atoms with van der Waals surface area (Å²) in [4.78, 5) is 14.6. The molecule has 0 saturated carbocycles. The van der Waals surface area contributed by atoms with Gasteiger partial charge in [0.1, 0.15) is 5.65 Å². The number of hydrogen-bond donors (Lipinski definition) is 0. The van der Waals surface area contributed by atoms with Crippen molar-refractivity contribution in [2.45, 2.75) is 6.18 Å². The molecule has 4 nitrogen and oxygen atoms in total. The largest absolute Gasteiger partial charge is 0.465 e. The lowest BCUT2D eigenvalue weighted by atomic mass is 10.3. The summed E-state index contributed by atoms with van der Waals surface area (Å²) in [5.41, 5.74) is -0.726. The van der Waals surface area contributed by atoms with Crippen molar-refractivity contribution in [3.63, 3.8) is 0 Å². The molecule has 0 radical (unpaired) electrons. The van der Waals surface area contributed by atoms with Crippen molar-refractivity contribution in [2.75, 3.05) is 7.11 Å². The van der Waals surface area contributed by atoms with Crippen molar-refractivity contribution in [3.05, 3.63) is 35.8 Å². The number of carbonyl (C=O) groups is 1. The summed E-state index contributed by atoms with van der Waals surface area (Å²) < 4.78 is 42.8. The number of carbonyl (C=O) groups excluding carboxylic acids is 1. The fourth-order valence-corrected chi connectivity index (χ4v) is 1.37. The highest BCUT2D eigenvalue weighted by atomic mass is 19.4. The van der Waals surface area contributed by atoms with Crippen molar-refractivity contribution in [2.24, 2.45) is 0 Å². The first kappa shape index (κ1) is 11.4. The normalized spacial score (nSPS) is 11.8. The van der Waals surface area contributed by atoms with Crippen LogP contribution in [-0.2, 0) is 10.9 Å². The number of alkyl halides is 3. The number of methoxy groups -OCH3 is 1. The van der Waals surface area contributed by atoms with Gasteiger partial charge in [-0.15, -0.1) is 0 Å². The van der Waals surface area contributed by atoms with E-state index in [1.54, 1.807) is 0 Å². The topological polar surface area (TPSA) is 43.6 Å². The van der Waals surface area contributed by atoms with Gasteiger partial charge in [0.15, 0.2) is 5.69 Å². The molecule has 0 aliphatic heterocycles. The van der Waals surface area contributed by atoms with Gasteiger partial charge in [-0.1, -0.05) is 0 Å². The van der Waals surface area contributed by atoms with Gasteiger partial charge >= 0.3 is 12.1 Å². The number of pyridine rings is 1. The SMILES string of the molecule is COC(=O)c1ccc2nc(C(F)(F)F)cn2c1. The van der Waals surface area contributed by atoms with Crippen molar-refractivity contribution in [1.82, 2.24) is 9.38 Å². The van der Waals surface area contributed by atoms with Crippen molar-refractivity contribution >= 4 is 11.6 Å². The van der Waals surface area contributed by atoms with Gasteiger partial charge in [-0.05, 0) is 12.1 Å². The van der Waals surface area contributed by atoms with Crippen LogP contribution in [-0.4, -0.2) is 22.5 Å². The fourth-order valence-electron chi connectivity index (χ4n) is 1.37. The number of aromatic nitrogens is 2. The summed E-state index contributed by atoms with van der Waals surface area (Å²) in [5, 5.41) is 0. The quantitative estimate of drug-likeness (QED) is 0.722. The molecule has 7 heteroatoms. The van der Waals surface area contributed by atoms with Gasteiger partial charge in [-0.25, -0.2) is 9.78 Å². The van der Waals surface area contributed by atoms with Crippen LogP contribution in [0.3, 0.4) is 0 Å². The van der Waals surface area contributed by atoms with Crippen LogP contribution in [0.25, 0.3) is 5.65 Å². The molecule has 17 heavy (non-hydrogen) atoms. The zero-order valence-electron chi connectivity index (χ0n) is 8.65. The molecule has 2 heterocycles. The Morgan fingerprint density at radius 2 is 2.06 bits per heavy atom. The summed E-state index contributed by atoms with van der Waals surface area (Å²) >= 11 is 0. The number of fused-ring (bicyclic) bond motifs is 1. The molecule has 0 fully saturated rings. The van der Waals surface area contributed by atoms with Gasteiger partial charge in [0.2, 0.25) is 0 Å². The zero-order valence-corrected chi connectivity index (χ0v) is 8.65. The third-order valence-electron chi connectivity index (χ3n) is 2.16. The second kappa shape index (κ2) is 3.76. The highest BCUT2D eigenvalue weighted by Gasteiger charge is 2.33. The van der Waals surface area contributed by atoms with E-state index in [-0.39, 0.29) is 11.2 Å². The molecule has 2 aromatic rings. The minimum Gasteiger partial charge on any atom is -0.465 e. The Morgan fingerprint density at radius 3 is 2.65 bits per heavy atom. The fraction of sp³-hybridized carbons (Fsp3) is 0.200. The molecule has 0 unspecified atom stereocenters. The van der Waals surface area contributed by atoms with Crippen LogP contribution in [0.4, 0.5) is 13.2 Å². The number of rotatable bonds is 1. The van der Waals surface area contributed by atoms with Gasteiger partial charge in [-0.3, -0.25) is 0 Å². The molecule has 0 aliphatic rings. The highest BCUT2D eigenvalue weighted by molar-refractivity contribution is 5.89. The van der Waals surface area contributed by atoms with Gasteiger partial charge in [0, 0.05) is 12.4 Å². The van der Waals surface area contributed by atoms with Gasteiger partial charge in [0.25, 0.3) is 0 Å². The Labute approximate surface area is 93.6 Å². The number of hydrogen-bond acceptors (Lipinski definition) is 3. The Kier molecular flexibility index (Phi) is 2.53. The molecule has 0 saturated heterocycles. The summed E-state index contributed by atoms with van der Waals surface area (Å²) in [5.74, 6) is -0.617. The molecular weight excluding hydrogens is 237 g/mol. The lowest BCUT2D eigenvalue weighted by molar-refractivity contribution is -0.140. The predicted octanol–water partition coefficient (Wildman–Crippen LogP) is 2.14. The van der Waals surface area contributed by atoms with Crippen LogP contribution in [0.15, 0.2) is 24.5 Å². The van der Waals surface area contributed by atoms with E-state index in [9.17, 15) is 18.0 Å². The number of ether oxygens (including phenoxy) is 1. The number of imidazole rings is 1. The Hall–Kier alpha value is -2.05. The maximum Gasteiger partial charge on any atom is 0.434 e. The van der Waals surface area contributed by atoms with E-state index < -0.39 is 17.8 Å². The van der Waals surface area contributed by atoms with Crippen LogP contribution in [0.1, 0.15) is 16.1 Å². The first-order chi connectivity index (χ1) is 7.91. The molecule has 2 rings (SSSR count). The summed E-state index contributed by atoms with van der Waals surface area (Å²) in [6.07, 6.45) is -2.44.